The third-order valence-corrected chi connectivity index (χ3v) is 9.26. The lowest BCUT2D eigenvalue weighted by Crippen LogP contribution is -2.35. The first-order chi connectivity index (χ1) is 18.0. The molecule has 4 unspecified atom stereocenters. The summed E-state index contributed by atoms with van der Waals surface area (Å²) in [7, 11) is 0. The van der Waals surface area contributed by atoms with E-state index in [1.807, 2.05) is 35.2 Å². The van der Waals surface area contributed by atoms with Crippen LogP contribution in [0.3, 0.4) is 0 Å². The third kappa shape index (κ3) is 4.88. The number of amides is 1. The highest BCUT2D eigenvalue weighted by Gasteiger charge is 2.56. The lowest BCUT2D eigenvalue weighted by Gasteiger charge is -2.26. The predicted octanol–water partition coefficient (Wildman–Crippen LogP) is 5.59. The van der Waals surface area contributed by atoms with Gasteiger partial charge in [0.1, 0.15) is 0 Å². The third-order valence-electron chi connectivity index (χ3n) is 9.26. The predicted molar refractivity (Wildman–Crippen MR) is 151 cm³/mol. The number of ether oxygens (including phenoxy) is 1. The number of aliphatic hydroxyl groups excluding tert-OH is 1. The lowest BCUT2D eigenvalue weighted by atomic mass is 9.94. The normalized spacial score (nSPS) is 33.4. The second kappa shape index (κ2) is 11.2. The minimum Gasteiger partial charge on any atom is -0.395 e. The summed E-state index contributed by atoms with van der Waals surface area (Å²) in [4.78, 5) is 17.0. The van der Waals surface area contributed by atoms with E-state index in [-0.39, 0.29) is 38.1 Å². The smallest absolute Gasteiger partial charge is 0.229 e. The van der Waals surface area contributed by atoms with E-state index in [1.54, 1.807) is 0 Å². The van der Waals surface area contributed by atoms with Crippen LogP contribution in [0.2, 0.25) is 0 Å². The van der Waals surface area contributed by atoms with Gasteiger partial charge < -0.3 is 14.7 Å². The molecular formula is C33H42N2O3. The van der Waals surface area contributed by atoms with E-state index in [1.165, 1.54) is 16.7 Å². The Balaban J connectivity index is 0.000000151. The number of likely N-dealkylation sites (tertiary alicyclic amines) is 1. The fraction of sp³-hybridized carbons (Fsp3) is 0.485. The van der Waals surface area contributed by atoms with Crippen molar-refractivity contribution in [1.82, 2.24) is 9.80 Å². The Labute approximate surface area is 227 Å². The fourth-order valence-electron chi connectivity index (χ4n) is 7.61. The van der Waals surface area contributed by atoms with Crippen LogP contribution in [0.25, 0.3) is 0 Å². The molecule has 0 aromatic heterocycles. The number of aliphatic hydroxyl groups is 1. The van der Waals surface area contributed by atoms with E-state index in [2.05, 4.69) is 48.4 Å². The number of carbonyl (C=O) groups is 1. The first kappa shape index (κ1) is 26.9. The molecule has 2 aromatic rings. The number of allylic oxidation sites excluding steroid dienone is 2. The van der Waals surface area contributed by atoms with Crippen molar-refractivity contribution in [1.29, 1.82) is 0 Å². The van der Waals surface area contributed by atoms with Gasteiger partial charge in [0.25, 0.3) is 0 Å². The summed E-state index contributed by atoms with van der Waals surface area (Å²) < 4.78 is 5.90. The van der Waals surface area contributed by atoms with Gasteiger partial charge in [-0.15, -0.1) is 0 Å². The average Bonchev–Trinajstić information content (AvgIpc) is 3.69. The molecule has 5 heteroatoms. The van der Waals surface area contributed by atoms with Crippen molar-refractivity contribution < 1.29 is 14.6 Å². The highest BCUT2D eigenvalue weighted by molar-refractivity contribution is 5.84. The second-order valence-corrected chi connectivity index (χ2v) is 11.6. The maximum Gasteiger partial charge on any atom is 0.229 e. The van der Waals surface area contributed by atoms with Gasteiger partial charge in [-0.2, -0.15) is 0 Å². The summed E-state index contributed by atoms with van der Waals surface area (Å²) in [5.41, 5.74) is 5.03. The van der Waals surface area contributed by atoms with E-state index < -0.39 is 0 Å². The molecule has 3 aliphatic heterocycles. The molecule has 0 radical (unpaired) electrons. The van der Waals surface area contributed by atoms with Crippen LogP contribution in [0, 0.1) is 23.7 Å². The molecule has 202 valence electrons. The minimum atomic E-state index is -0.183. The second-order valence-electron chi connectivity index (χ2n) is 11.6. The van der Waals surface area contributed by atoms with Crippen molar-refractivity contribution in [2.45, 2.75) is 58.0 Å². The van der Waals surface area contributed by atoms with Crippen LogP contribution in [-0.2, 0) is 16.1 Å². The van der Waals surface area contributed by atoms with Crippen LogP contribution >= 0.6 is 0 Å². The zero-order chi connectivity index (χ0) is 25.5. The molecule has 38 heavy (non-hydrogen) atoms. The number of rotatable bonds is 4. The fourth-order valence-corrected chi connectivity index (χ4v) is 7.61. The van der Waals surface area contributed by atoms with Crippen LogP contribution in [0.4, 0.5) is 0 Å². The lowest BCUT2D eigenvalue weighted by molar-refractivity contribution is -0.137. The molecule has 5 aliphatic rings. The molecule has 2 saturated carbocycles. The average molecular weight is 515 g/mol. The largest absolute Gasteiger partial charge is 0.395 e. The van der Waals surface area contributed by atoms with E-state index in [0.717, 1.165) is 50.3 Å². The number of hydrogen-bond acceptors (Lipinski definition) is 4. The monoisotopic (exact) mass is 514 g/mol. The first-order valence-electron chi connectivity index (χ1n) is 13.7. The number of fused-ring (bicyclic) bond motifs is 4. The summed E-state index contributed by atoms with van der Waals surface area (Å²) in [5, 5.41) is 9.68. The molecule has 0 bridgehead atoms. The van der Waals surface area contributed by atoms with E-state index in [0.29, 0.717) is 24.5 Å². The molecule has 5 fully saturated rings. The standard InChI is InChI=1S/C16H17NO2.C16H21NO.CH4/c1-10-7-12-13(8-10)15(18)17-14(12)9-19-16(17)11-5-3-2-4-6-11;1-12-7-14-10-17(16(11-18)15(14)8-12)9-13-5-3-2-4-6-13;/h2-6,12-14,16H,1,7-9H2;2-6,14-16,18H,1,7-11H2;1H4/t12-,13?,14?,16-;14?,15-,16?;/m00./s1. The number of nitrogens with zero attached hydrogens (tertiary/aromatic N) is 2. The Bertz CT molecular complexity index is 1150. The van der Waals surface area contributed by atoms with Crippen molar-refractivity contribution in [3.8, 4) is 0 Å². The van der Waals surface area contributed by atoms with E-state index in [9.17, 15) is 9.90 Å². The minimum absolute atomic E-state index is 0. The van der Waals surface area contributed by atoms with Crippen LogP contribution in [0.5, 0.6) is 0 Å². The molecule has 7 rings (SSSR count). The molecule has 2 aliphatic carbocycles. The number of benzene rings is 2. The Hall–Kier alpha value is -2.73. The maximum absolute atomic E-state index is 12.6. The Morgan fingerprint density at radius 3 is 2.26 bits per heavy atom. The Morgan fingerprint density at radius 1 is 0.895 bits per heavy atom. The summed E-state index contributed by atoms with van der Waals surface area (Å²) in [6.45, 7) is 11.2. The van der Waals surface area contributed by atoms with Crippen LogP contribution in [-0.4, -0.2) is 52.7 Å². The summed E-state index contributed by atoms with van der Waals surface area (Å²) in [5.74, 6) is 2.20. The highest BCUT2D eigenvalue weighted by atomic mass is 16.5. The summed E-state index contributed by atoms with van der Waals surface area (Å²) >= 11 is 0. The molecular weight excluding hydrogens is 472 g/mol. The summed E-state index contributed by atoms with van der Waals surface area (Å²) in [6.07, 6.45) is 3.95. The summed E-state index contributed by atoms with van der Waals surface area (Å²) in [6, 6.07) is 21.2. The Kier molecular flexibility index (Phi) is 7.90. The highest BCUT2D eigenvalue weighted by Crippen LogP contribution is 2.50. The van der Waals surface area contributed by atoms with Crippen molar-refractivity contribution in [3.63, 3.8) is 0 Å². The maximum atomic E-state index is 12.6. The SMILES string of the molecule is C.C=C1CC2C(=O)N3C(CO[C@H]3c3ccccc3)[C@H]2C1.C=C1CC2CN(Cc3ccccc3)C(CO)[C@H]2C1. The van der Waals surface area contributed by atoms with Crippen LogP contribution < -0.4 is 0 Å². The van der Waals surface area contributed by atoms with Crippen molar-refractivity contribution >= 4 is 5.91 Å². The van der Waals surface area contributed by atoms with Gasteiger partial charge in [0.15, 0.2) is 6.23 Å². The molecule has 1 amide bonds. The van der Waals surface area contributed by atoms with E-state index in [4.69, 9.17) is 4.74 Å². The van der Waals surface area contributed by atoms with Gasteiger partial charge in [-0.3, -0.25) is 9.69 Å². The first-order valence-corrected chi connectivity index (χ1v) is 13.7. The molecule has 7 atom stereocenters. The van der Waals surface area contributed by atoms with Gasteiger partial charge in [-0.25, -0.2) is 0 Å². The molecule has 3 heterocycles. The van der Waals surface area contributed by atoms with Gasteiger partial charge >= 0.3 is 0 Å². The Morgan fingerprint density at radius 2 is 1.55 bits per heavy atom. The van der Waals surface area contributed by atoms with Gasteiger partial charge in [0, 0.05) is 30.6 Å². The molecule has 1 N–H and O–H groups in total. The van der Waals surface area contributed by atoms with Crippen LogP contribution in [0.1, 0.15) is 50.5 Å². The zero-order valence-corrected chi connectivity index (χ0v) is 21.5. The van der Waals surface area contributed by atoms with Gasteiger partial charge in [0.05, 0.1) is 19.3 Å². The van der Waals surface area contributed by atoms with Gasteiger partial charge in [0.2, 0.25) is 5.91 Å². The van der Waals surface area contributed by atoms with Gasteiger partial charge in [-0.05, 0) is 49.0 Å². The molecule has 0 spiro atoms. The van der Waals surface area contributed by atoms with Crippen LogP contribution in [0.15, 0.2) is 85.0 Å². The zero-order valence-electron chi connectivity index (χ0n) is 21.5. The van der Waals surface area contributed by atoms with Crippen molar-refractivity contribution in [3.05, 3.63) is 96.1 Å². The topological polar surface area (TPSA) is 53.0 Å². The molecule has 3 saturated heterocycles. The quantitative estimate of drug-likeness (QED) is 0.541. The number of carbonyl (C=O) groups excluding carboxylic acids is 1. The molecule has 2 aromatic carbocycles. The number of hydrogen-bond donors (Lipinski definition) is 1. The van der Waals surface area contributed by atoms with Crippen molar-refractivity contribution in [2.24, 2.45) is 23.7 Å². The molecule has 5 nitrogen and oxygen atoms in total. The van der Waals surface area contributed by atoms with Crippen molar-refractivity contribution in [2.75, 3.05) is 19.8 Å². The van der Waals surface area contributed by atoms with Gasteiger partial charge in [-0.1, -0.05) is 92.4 Å². The van der Waals surface area contributed by atoms with E-state index >= 15 is 0 Å².